The van der Waals surface area contributed by atoms with Crippen LogP contribution in [0.4, 0.5) is 4.79 Å². The normalized spacial score (nSPS) is 12.1. The van der Waals surface area contributed by atoms with E-state index in [1.165, 1.54) is 5.01 Å². The Balaban J connectivity index is 1.08. The van der Waals surface area contributed by atoms with Gasteiger partial charge in [0.05, 0.1) is 45.9 Å². The molecule has 14 heteroatoms. The maximum Gasteiger partial charge on any atom is 0.424 e. The summed E-state index contributed by atoms with van der Waals surface area (Å²) in [6.45, 7) is 1.85. The fourth-order valence-electron chi connectivity index (χ4n) is 5.98. The lowest BCUT2D eigenvalue weighted by molar-refractivity contribution is -0.138. The molecule has 3 amide bonds. The first-order valence-corrected chi connectivity index (χ1v) is 16.9. The number of rotatable bonds is 19. The molecular formula is C37H44N6O8. The fraction of sp³-hybridized carbons (Fsp3) is 0.378. The van der Waals surface area contributed by atoms with Crippen molar-refractivity contribution in [1.82, 2.24) is 30.2 Å². The molecule has 0 unspecified atom stereocenters. The van der Waals surface area contributed by atoms with Crippen LogP contribution in [-0.4, -0.2) is 109 Å². The van der Waals surface area contributed by atoms with E-state index in [9.17, 15) is 19.2 Å². The largest absolute Gasteiger partial charge is 0.481 e. The number of aromatic nitrogens is 2. The predicted molar refractivity (Wildman–Crippen MR) is 189 cm³/mol. The van der Waals surface area contributed by atoms with Gasteiger partial charge in [0.15, 0.2) is 0 Å². The van der Waals surface area contributed by atoms with Crippen molar-refractivity contribution < 1.29 is 38.5 Å². The number of carboxylic acids is 1. The Bertz CT molecular complexity index is 1780. The van der Waals surface area contributed by atoms with Gasteiger partial charge in [-0.15, -0.1) is 0 Å². The fourth-order valence-corrected chi connectivity index (χ4v) is 5.98. The lowest BCUT2D eigenvalue weighted by atomic mass is 9.98. The van der Waals surface area contributed by atoms with Crippen LogP contribution in [0.5, 0.6) is 0 Å². The third kappa shape index (κ3) is 9.90. The van der Waals surface area contributed by atoms with E-state index in [1.807, 2.05) is 47.0 Å². The number of amides is 3. The topological polar surface area (TPSA) is 165 Å². The average molecular weight is 701 g/mol. The second-order valence-corrected chi connectivity index (χ2v) is 12.1. The highest BCUT2D eigenvalue weighted by molar-refractivity contribution is 5.85. The molecule has 2 heterocycles. The van der Waals surface area contributed by atoms with Crippen LogP contribution < -0.4 is 10.6 Å². The molecule has 0 atom stereocenters. The first kappa shape index (κ1) is 37.0. The van der Waals surface area contributed by atoms with Crippen LogP contribution in [0.2, 0.25) is 0 Å². The van der Waals surface area contributed by atoms with Crippen molar-refractivity contribution in [3.8, 4) is 11.1 Å². The van der Waals surface area contributed by atoms with E-state index in [0.29, 0.717) is 18.7 Å². The van der Waals surface area contributed by atoms with Gasteiger partial charge < -0.3 is 34.5 Å². The number of fused-ring (bicyclic) bond motifs is 4. The van der Waals surface area contributed by atoms with Crippen LogP contribution in [0.15, 0.2) is 72.9 Å². The Morgan fingerprint density at radius 3 is 2.24 bits per heavy atom. The van der Waals surface area contributed by atoms with Gasteiger partial charge in [-0.3, -0.25) is 14.4 Å². The van der Waals surface area contributed by atoms with Crippen LogP contribution >= 0.6 is 0 Å². The smallest absolute Gasteiger partial charge is 0.424 e. The number of aliphatic carboxylic acids is 1. The number of benzene rings is 2. The van der Waals surface area contributed by atoms with Crippen molar-refractivity contribution in [1.29, 1.82) is 0 Å². The van der Waals surface area contributed by atoms with E-state index in [0.717, 1.165) is 33.3 Å². The van der Waals surface area contributed by atoms with Gasteiger partial charge in [-0.2, -0.15) is 0 Å². The second kappa shape index (κ2) is 18.1. The SMILES string of the molecule is CN(Cc1cc2cccnc2n1CCC(=O)NCC(=O)NCCOCCOCCC(=O)O)N(C)C(=O)OCC1c2ccccc2-c2ccccc21. The van der Waals surface area contributed by atoms with E-state index in [2.05, 4.69) is 39.9 Å². The summed E-state index contributed by atoms with van der Waals surface area (Å²) in [6.07, 6.45) is 1.25. The predicted octanol–water partition coefficient (Wildman–Crippen LogP) is 3.39. The molecule has 1 aliphatic rings. The number of carbonyl (C=O) groups excluding carboxylic acids is 3. The van der Waals surface area contributed by atoms with Crippen molar-refractivity contribution in [2.75, 3.05) is 60.2 Å². The maximum atomic E-state index is 13.2. The van der Waals surface area contributed by atoms with Crippen molar-refractivity contribution in [2.24, 2.45) is 0 Å². The number of nitrogens with zero attached hydrogens (tertiary/aromatic N) is 4. The first-order chi connectivity index (χ1) is 24.7. The number of ether oxygens (including phenoxy) is 3. The van der Waals surface area contributed by atoms with Gasteiger partial charge >= 0.3 is 12.1 Å². The Hall–Kier alpha value is -5.31. The summed E-state index contributed by atoms with van der Waals surface area (Å²) in [6, 6.07) is 22.2. The zero-order chi connectivity index (χ0) is 36.2. The quantitative estimate of drug-likeness (QED) is 0.0976. The number of nitrogens with one attached hydrogen (secondary N) is 2. The second-order valence-electron chi connectivity index (χ2n) is 12.1. The minimum Gasteiger partial charge on any atom is -0.481 e. The minimum absolute atomic E-state index is 0.0467. The lowest BCUT2D eigenvalue weighted by Crippen LogP contribution is -2.41. The highest BCUT2D eigenvalue weighted by atomic mass is 16.6. The molecule has 5 rings (SSSR count). The standard InChI is InChI=1S/C37H44N6O8/c1-41(42(2)37(48)51-25-32-30-11-5-3-9-28(30)29-10-4-6-12-31(29)32)24-27-22-26-8-7-15-39-36(26)43(27)17-13-33(44)40-23-34(45)38-16-19-50-21-20-49-18-14-35(46)47/h3-12,15,22,32H,13-14,16-21,23-25H2,1-2H3,(H,38,45)(H,40,44)(H,46,47). The third-order valence-corrected chi connectivity index (χ3v) is 8.65. The number of carboxylic acid groups (broad SMARTS) is 1. The van der Waals surface area contributed by atoms with Crippen molar-refractivity contribution in [3.63, 3.8) is 0 Å². The Labute approximate surface area is 296 Å². The molecule has 0 saturated heterocycles. The molecule has 0 spiro atoms. The summed E-state index contributed by atoms with van der Waals surface area (Å²) >= 11 is 0. The van der Waals surface area contributed by atoms with Gasteiger partial charge in [-0.1, -0.05) is 48.5 Å². The molecule has 51 heavy (non-hydrogen) atoms. The average Bonchev–Trinajstić information content (AvgIpc) is 3.65. The van der Waals surface area contributed by atoms with E-state index in [4.69, 9.17) is 19.3 Å². The van der Waals surface area contributed by atoms with Crippen LogP contribution in [0.25, 0.3) is 22.2 Å². The molecule has 3 N–H and O–H groups in total. The van der Waals surface area contributed by atoms with Gasteiger partial charge in [-0.25, -0.2) is 19.8 Å². The molecule has 4 aromatic rings. The monoisotopic (exact) mass is 700 g/mol. The highest BCUT2D eigenvalue weighted by Gasteiger charge is 2.30. The van der Waals surface area contributed by atoms with Crippen molar-refractivity contribution in [2.45, 2.75) is 31.8 Å². The van der Waals surface area contributed by atoms with Gasteiger partial charge in [0.2, 0.25) is 11.8 Å². The van der Waals surface area contributed by atoms with E-state index >= 15 is 0 Å². The number of hydrazine groups is 1. The minimum atomic E-state index is -0.924. The van der Waals surface area contributed by atoms with Crippen LogP contribution in [0.3, 0.4) is 0 Å². The van der Waals surface area contributed by atoms with Crippen LogP contribution in [0.1, 0.15) is 35.6 Å². The molecule has 270 valence electrons. The molecule has 2 aromatic carbocycles. The zero-order valence-corrected chi connectivity index (χ0v) is 28.9. The van der Waals surface area contributed by atoms with Gasteiger partial charge in [-0.05, 0) is 40.5 Å². The highest BCUT2D eigenvalue weighted by Crippen LogP contribution is 2.44. The molecular weight excluding hydrogens is 656 g/mol. The van der Waals surface area contributed by atoms with E-state index < -0.39 is 12.1 Å². The summed E-state index contributed by atoms with van der Waals surface area (Å²) in [7, 11) is 3.46. The molecule has 2 aromatic heterocycles. The summed E-state index contributed by atoms with van der Waals surface area (Å²) in [5.74, 6) is -1.62. The molecule has 0 bridgehead atoms. The van der Waals surface area contributed by atoms with Gasteiger partial charge in [0, 0.05) is 56.8 Å². The Morgan fingerprint density at radius 1 is 0.843 bits per heavy atom. The Kier molecular flexibility index (Phi) is 13.1. The molecule has 1 aliphatic carbocycles. The van der Waals surface area contributed by atoms with Gasteiger partial charge in [0.1, 0.15) is 12.3 Å². The number of aryl methyl sites for hydroxylation is 1. The first-order valence-electron chi connectivity index (χ1n) is 16.9. The van der Waals surface area contributed by atoms with Crippen molar-refractivity contribution >= 4 is 34.9 Å². The van der Waals surface area contributed by atoms with E-state index in [-0.39, 0.29) is 76.7 Å². The summed E-state index contributed by atoms with van der Waals surface area (Å²) < 4.78 is 18.3. The summed E-state index contributed by atoms with van der Waals surface area (Å²) in [5, 5.41) is 18.0. The number of hydrogen-bond donors (Lipinski definition) is 3. The number of pyridine rings is 1. The Morgan fingerprint density at radius 2 is 1.53 bits per heavy atom. The third-order valence-electron chi connectivity index (χ3n) is 8.65. The summed E-state index contributed by atoms with van der Waals surface area (Å²) in [5.41, 5.74) is 6.17. The lowest BCUT2D eigenvalue weighted by Gasteiger charge is -2.28. The molecule has 0 radical (unpaired) electrons. The molecule has 0 aliphatic heterocycles. The summed E-state index contributed by atoms with van der Waals surface area (Å²) in [4.78, 5) is 53.1. The zero-order valence-electron chi connectivity index (χ0n) is 28.9. The number of hydrogen-bond acceptors (Lipinski definition) is 9. The molecule has 0 saturated carbocycles. The molecule has 0 fully saturated rings. The number of carbonyl (C=O) groups is 4. The van der Waals surface area contributed by atoms with E-state index in [1.54, 1.807) is 25.3 Å². The maximum absolute atomic E-state index is 13.2. The van der Waals surface area contributed by atoms with Gasteiger partial charge in [0.25, 0.3) is 0 Å². The van der Waals surface area contributed by atoms with Crippen LogP contribution in [0, 0.1) is 0 Å². The van der Waals surface area contributed by atoms with Crippen molar-refractivity contribution in [3.05, 3.63) is 89.7 Å². The van der Waals surface area contributed by atoms with Crippen LogP contribution in [-0.2, 0) is 41.7 Å². The molecule has 14 nitrogen and oxygen atoms in total.